The van der Waals surface area contributed by atoms with Crippen molar-refractivity contribution in [1.29, 1.82) is 0 Å². The lowest BCUT2D eigenvalue weighted by Crippen LogP contribution is -2.39. The van der Waals surface area contributed by atoms with E-state index in [1.54, 1.807) is 12.5 Å². The van der Waals surface area contributed by atoms with Crippen LogP contribution in [0.2, 0.25) is 0 Å². The van der Waals surface area contributed by atoms with Crippen molar-refractivity contribution in [1.82, 2.24) is 25.1 Å². The lowest BCUT2D eigenvalue weighted by atomic mass is 9.94. The van der Waals surface area contributed by atoms with Gasteiger partial charge in [0.1, 0.15) is 6.33 Å². The summed E-state index contributed by atoms with van der Waals surface area (Å²) in [7, 11) is 0. The van der Waals surface area contributed by atoms with Gasteiger partial charge in [0.2, 0.25) is 17.7 Å². The second kappa shape index (κ2) is 7.51. The molecular weight excluding hydrogens is 306 g/mol. The molecule has 3 rings (SSSR count). The smallest absolute Gasteiger partial charge is 0.223 e. The van der Waals surface area contributed by atoms with Crippen molar-refractivity contribution in [3.05, 3.63) is 36.1 Å². The zero-order valence-corrected chi connectivity index (χ0v) is 14.2. The van der Waals surface area contributed by atoms with Crippen molar-refractivity contribution in [2.24, 2.45) is 0 Å². The van der Waals surface area contributed by atoms with Crippen molar-refractivity contribution < 1.29 is 9.21 Å². The molecule has 2 aromatic heterocycles. The van der Waals surface area contributed by atoms with Gasteiger partial charge in [-0.05, 0) is 18.9 Å². The number of hydrogen-bond donors (Lipinski definition) is 0. The number of rotatable bonds is 5. The Balaban J connectivity index is 1.54. The third-order valence-corrected chi connectivity index (χ3v) is 4.33. The van der Waals surface area contributed by atoms with E-state index in [0.717, 1.165) is 31.6 Å². The molecule has 3 heterocycles. The zero-order valence-electron chi connectivity index (χ0n) is 14.2. The highest BCUT2D eigenvalue weighted by atomic mass is 16.4. The molecule has 1 saturated heterocycles. The lowest BCUT2D eigenvalue weighted by molar-refractivity contribution is -0.132. The van der Waals surface area contributed by atoms with Crippen molar-refractivity contribution in [3.8, 4) is 0 Å². The SMILES string of the molecule is CC(C)c1nnc(CCC(=O)N2CCC[C@@H](c3ccncn3)C2)o1. The highest BCUT2D eigenvalue weighted by Gasteiger charge is 2.25. The van der Waals surface area contributed by atoms with E-state index in [2.05, 4.69) is 20.2 Å². The topological polar surface area (TPSA) is 85.0 Å². The van der Waals surface area contributed by atoms with Crippen LogP contribution < -0.4 is 0 Å². The van der Waals surface area contributed by atoms with Crippen molar-refractivity contribution in [2.75, 3.05) is 13.1 Å². The normalized spacial score (nSPS) is 18.1. The summed E-state index contributed by atoms with van der Waals surface area (Å²) in [6.07, 6.45) is 6.27. The number of hydrogen-bond acceptors (Lipinski definition) is 6. The van der Waals surface area contributed by atoms with Crippen LogP contribution in [0.4, 0.5) is 0 Å². The molecule has 1 aliphatic heterocycles. The Bertz CT molecular complexity index is 671. The highest BCUT2D eigenvalue weighted by molar-refractivity contribution is 5.76. The molecule has 128 valence electrons. The molecule has 0 N–H and O–H groups in total. The summed E-state index contributed by atoms with van der Waals surface area (Å²) in [5.41, 5.74) is 1.01. The number of amides is 1. The molecule has 2 aromatic rings. The highest BCUT2D eigenvalue weighted by Crippen LogP contribution is 2.25. The Morgan fingerprint density at radius 1 is 1.42 bits per heavy atom. The van der Waals surface area contributed by atoms with Crippen LogP contribution in [0.3, 0.4) is 0 Å². The summed E-state index contributed by atoms with van der Waals surface area (Å²) in [5.74, 6) is 1.80. The summed E-state index contributed by atoms with van der Waals surface area (Å²) in [4.78, 5) is 22.7. The van der Waals surface area contributed by atoms with Gasteiger partial charge in [-0.25, -0.2) is 9.97 Å². The predicted molar refractivity (Wildman–Crippen MR) is 87.3 cm³/mol. The van der Waals surface area contributed by atoms with Crippen LogP contribution in [-0.2, 0) is 11.2 Å². The van der Waals surface area contributed by atoms with Gasteiger partial charge in [0, 0.05) is 49.7 Å². The lowest BCUT2D eigenvalue weighted by Gasteiger charge is -2.32. The molecule has 0 saturated carbocycles. The molecule has 1 aliphatic rings. The minimum Gasteiger partial charge on any atom is -0.425 e. The largest absolute Gasteiger partial charge is 0.425 e. The van der Waals surface area contributed by atoms with Gasteiger partial charge in [-0.15, -0.1) is 10.2 Å². The van der Waals surface area contributed by atoms with Gasteiger partial charge in [0.25, 0.3) is 0 Å². The molecular formula is C17H23N5O2. The summed E-state index contributed by atoms with van der Waals surface area (Å²) in [6.45, 7) is 5.53. The molecule has 1 atom stereocenters. The first-order valence-electron chi connectivity index (χ1n) is 8.49. The maximum Gasteiger partial charge on any atom is 0.223 e. The number of piperidine rings is 1. The van der Waals surface area contributed by atoms with E-state index in [0.29, 0.717) is 30.5 Å². The van der Waals surface area contributed by atoms with Gasteiger partial charge in [-0.3, -0.25) is 4.79 Å². The molecule has 24 heavy (non-hydrogen) atoms. The summed E-state index contributed by atoms with van der Waals surface area (Å²) in [5, 5.41) is 8.01. The van der Waals surface area contributed by atoms with Crippen LogP contribution in [0.5, 0.6) is 0 Å². The average molecular weight is 329 g/mol. The maximum absolute atomic E-state index is 12.5. The van der Waals surface area contributed by atoms with Crippen LogP contribution in [-0.4, -0.2) is 44.1 Å². The van der Waals surface area contributed by atoms with E-state index in [9.17, 15) is 4.79 Å². The second-order valence-corrected chi connectivity index (χ2v) is 6.50. The number of aryl methyl sites for hydroxylation is 1. The first-order chi connectivity index (χ1) is 11.6. The van der Waals surface area contributed by atoms with Crippen molar-refractivity contribution >= 4 is 5.91 Å². The van der Waals surface area contributed by atoms with E-state index in [-0.39, 0.29) is 11.8 Å². The minimum atomic E-state index is 0.137. The zero-order chi connectivity index (χ0) is 16.9. The number of carbonyl (C=O) groups is 1. The standard InChI is InChI=1S/C17H23N5O2/c1-12(2)17-21-20-15(24-17)5-6-16(23)22-9-3-4-13(10-22)14-7-8-18-11-19-14/h7-8,11-13H,3-6,9-10H2,1-2H3/t13-/m1/s1. The van der Waals surface area contributed by atoms with E-state index in [1.165, 1.54) is 0 Å². The number of aromatic nitrogens is 4. The van der Waals surface area contributed by atoms with Gasteiger partial charge >= 0.3 is 0 Å². The monoisotopic (exact) mass is 329 g/mol. The minimum absolute atomic E-state index is 0.137. The molecule has 1 amide bonds. The second-order valence-electron chi connectivity index (χ2n) is 6.50. The molecule has 0 radical (unpaired) electrons. The fourth-order valence-corrected chi connectivity index (χ4v) is 2.96. The Hall–Kier alpha value is -2.31. The Morgan fingerprint density at radius 2 is 2.29 bits per heavy atom. The van der Waals surface area contributed by atoms with Gasteiger partial charge in [0.05, 0.1) is 0 Å². The van der Waals surface area contributed by atoms with Gasteiger partial charge in [-0.2, -0.15) is 0 Å². The van der Waals surface area contributed by atoms with Crippen LogP contribution in [0.15, 0.2) is 23.0 Å². The van der Waals surface area contributed by atoms with Gasteiger partial charge in [0.15, 0.2) is 0 Å². The van der Waals surface area contributed by atoms with Crippen LogP contribution >= 0.6 is 0 Å². The van der Waals surface area contributed by atoms with Crippen molar-refractivity contribution in [2.45, 2.75) is 51.4 Å². The number of carbonyl (C=O) groups excluding carboxylic acids is 1. The van der Waals surface area contributed by atoms with Crippen LogP contribution in [0, 0.1) is 0 Å². The Kier molecular flexibility index (Phi) is 5.17. The van der Waals surface area contributed by atoms with E-state index >= 15 is 0 Å². The number of nitrogens with zero attached hydrogens (tertiary/aromatic N) is 5. The first-order valence-corrected chi connectivity index (χ1v) is 8.49. The Morgan fingerprint density at radius 3 is 3.00 bits per heavy atom. The molecule has 0 aromatic carbocycles. The summed E-state index contributed by atoms with van der Waals surface area (Å²) >= 11 is 0. The molecule has 0 aliphatic carbocycles. The van der Waals surface area contributed by atoms with Gasteiger partial charge < -0.3 is 9.32 Å². The first kappa shape index (κ1) is 16.5. The van der Waals surface area contributed by atoms with Crippen molar-refractivity contribution in [3.63, 3.8) is 0 Å². The third kappa shape index (κ3) is 3.96. The Labute approximate surface area is 141 Å². The van der Waals surface area contributed by atoms with Gasteiger partial charge in [-0.1, -0.05) is 13.8 Å². The molecule has 1 fully saturated rings. The molecule has 0 unspecified atom stereocenters. The fourth-order valence-electron chi connectivity index (χ4n) is 2.96. The summed E-state index contributed by atoms with van der Waals surface area (Å²) in [6, 6.07) is 1.94. The predicted octanol–water partition coefficient (Wildman–Crippen LogP) is 2.32. The van der Waals surface area contributed by atoms with E-state index in [1.807, 2.05) is 24.8 Å². The van der Waals surface area contributed by atoms with E-state index in [4.69, 9.17) is 4.42 Å². The fraction of sp³-hybridized carbons (Fsp3) is 0.588. The third-order valence-electron chi connectivity index (χ3n) is 4.33. The molecule has 7 heteroatoms. The summed E-state index contributed by atoms with van der Waals surface area (Å²) < 4.78 is 5.56. The molecule has 7 nitrogen and oxygen atoms in total. The molecule has 0 spiro atoms. The molecule has 0 bridgehead atoms. The van der Waals surface area contributed by atoms with E-state index < -0.39 is 0 Å². The van der Waals surface area contributed by atoms with Crippen LogP contribution in [0.1, 0.15) is 62.4 Å². The quantitative estimate of drug-likeness (QED) is 0.837. The average Bonchev–Trinajstić information content (AvgIpc) is 3.10. The maximum atomic E-state index is 12.5. The van der Waals surface area contributed by atoms with Crippen LogP contribution in [0.25, 0.3) is 0 Å². The number of likely N-dealkylation sites (tertiary alicyclic amines) is 1.